The molecule has 1 rings (SSSR count). The molecule has 0 aliphatic heterocycles. The van der Waals surface area contributed by atoms with E-state index in [0.717, 1.165) is 5.56 Å². The first kappa shape index (κ1) is 20.0. The van der Waals surface area contributed by atoms with Crippen molar-refractivity contribution in [1.29, 1.82) is 0 Å². The highest BCUT2D eigenvalue weighted by molar-refractivity contribution is 7.99. The molecule has 0 aromatic heterocycles. The van der Waals surface area contributed by atoms with Crippen molar-refractivity contribution in [2.45, 2.75) is 57.9 Å². The molecule has 0 saturated heterocycles. The molecule has 23 heavy (non-hydrogen) atoms. The molecule has 1 unspecified atom stereocenters. The van der Waals surface area contributed by atoms with Crippen LogP contribution in [-0.2, 0) is 11.2 Å². The smallest absolute Gasteiger partial charge is 0.145 e. The minimum atomic E-state index is -0.327. The lowest BCUT2D eigenvalue weighted by atomic mass is 10.1. The lowest BCUT2D eigenvalue weighted by Gasteiger charge is -2.18. The highest BCUT2D eigenvalue weighted by atomic mass is 32.2. The van der Waals surface area contributed by atoms with Gasteiger partial charge in [-0.1, -0.05) is 13.8 Å². The molecule has 3 nitrogen and oxygen atoms in total. The van der Waals surface area contributed by atoms with E-state index in [9.17, 15) is 9.18 Å². The summed E-state index contributed by atoms with van der Waals surface area (Å²) in [6.07, 6.45) is 2.83. The number of ether oxygens (including phenoxy) is 1. The predicted molar refractivity (Wildman–Crippen MR) is 95.9 cm³/mol. The average Bonchev–Trinajstić information content (AvgIpc) is 2.49. The molecule has 1 aromatic carbocycles. The number of thioether (sulfide) groups is 1. The molecule has 1 N–H and O–H groups in total. The Labute approximate surface area is 143 Å². The first-order chi connectivity index (χ1) is 10.8. The summed E-state index contributed by atoms with van der Waals surface area (Å²) in [4.78, 5) is 11.9. The molecule has 0 fully saturated rings. The maximum atomic E-state index is 13.8. The maximum absolute atomic E-state index is 13.8. The van der Waals surface area contributed by atoms with Gasteiger partial charge in [-0.05, 0) is 44.2 Å². The highest BCUT2D eigenvalue weighted by Gasteiger charge is 2.12. The van der Waals surface area contributed by atoms with Gasteiger partial charge >= 0.3 is 0 Å². The van der Waals surface area contributed by atoms with Crippen LogP contribution in [0, 0.1) is 5.82 Å². The monoisotopic (exact) mass is 341 g/mol. The fourth-order valence-electron chi connectivity index (χ4n) is 2.11. The number of ketones is 1. The third kappa shape index (κ3) is 7.84. The summed E-state index contributed by atoms with van der Waals surface area (Å²) < 4.78 is 19.5. The number of halogens is 1. The zero-order valence-electron chi connectivity index (χ0n) is 14.7. The van der Waals surface area contributed by atoms with Crippen LogP contribution in [0.5, 0.6) is 5.75 Å². The number of carbonyl (C=O) groups excluding carboxylic acids is 1. The quantitative estimate of drug-likeness (QED) is 0.702. The normalized spacial score (nSPS) is 13.9. The van der Waals surface area contributed by atoms with Gasteiger partial charge in [0, 0.05) is 25.1 Å². The van der Waals surface area contributed by atoms with Gasteiger partial charge in [0.2, 0.25) is 0 Å². The third-order valence-corrected chi connectivity index (χ3v) is 4.52. The fraction of sp³-hybridized carbons (Fsp3) is 0.611. The molecule has 0 radical (unpaired) electrons. The van der Waals surface area contributed by atoms with Crippen LogP contribution in [0.4, 0.5) is 4.39 Å². The van der Waals surface area contributed by atoms with Gasteiger partial charge < -0.3 is 10.1 Å². The molecule has 0 spiro atoms. The highest BCUT2D eigenvalue weighted by Crippen LogP contribution is 2.20. The Bertz CT molecular complexity index is 508. The number of aryl methyl sites for hydroxylation is 1. The van der Waals surface area contributed by atoms with Crippen molar-refractivity contribution < 1.29 is 13.9 Å². The van der Waals surface area contributed by atoms with Crippen LogP contribution < -0.4 is 10.1 Å². The van der Waals surface area contributed by atoms with Crippen molar-refractivity contribution >= 4 is 17.5 Å². The zero-order chi connectivity index (χ0) is 17.4. The SMILES string of the molecule is CSC(C)C(=O)CCc1cc(F)cc(O[C@@H](C)CNC(C)C)c1. The molecule has 0 saturated carbocycles. The van der Waals surface area contributed by atoms with Crippen LogP contribution in [0.3, 0.4) is 0 Å². The van der Waals surface area contributed by atoms with Crippen molar-refractivity contribution in [2.24, 2.45) is 0 Å². The molecule has 0 heterocycles. The summed E-state index contributed by atoms with van der Waals surface area (Å²) in [6.45, 7) is 8.69. The van der Waals surface area contributed by atoms with E-state index < -0.39 is 0 Å². The molecule has 0 aliphatic rings. The minimum absolute atomic E-state index is 0.0126. The van der Waals surface area contributed by atoms with Gasteiger partial charge in [0.05, 0.1) is 5.25 Å². The Morgan fingerprint density at radius 3 is 2.57 bits per heavy atom. The van der Waals surface area contributed by atoms with Crippen molar-refractivity contribution in [3.8, 4) is 5.75 Å². The number of hydrogen-bond acceptors (Lipinski definition) is 4. The molecule has 2 atom stereocenters. The number of nitrogens with one attached hydrogen (secondary N) is 1. The van der Waals surface area contributed by atoms with Crippen molar-refractivity contribution in [3.63, 3.8) is 0 Å². The van der Waals surface area contributed by atoms with E-state index in [4.69, 9.17) is 4.74 Å². The third-order valence-electron chi connectivity index (χ3n) is 3.55. The Hall–Kier alpha value is -1.07. The van der Waals surface area contributed by atoms with Crippen LogP contribution in [0.2, 0.25) is 0 Å². The second kappa shape index (κ2) is 9.93. The van der Waals surface area contributed by atoms with Crippen LogP contribution in [0.1, 0.15) is 39.7 Å². The van der Waals surface area contributed by atoms with Crippen molar-refractivity contribution in [1.82, 2.24) is 5.32 Å². The number of hydrogen-bond donors (Lipinski definition) is 1. The average molecular weight is 341 g/mol. The Kier molecular flexibility index (Phi) is 8.63. The van der Waals surface area contributed by atoms with E-state index in [-0.39, 0.29) is 23.0 Å². The van der Waals surface area contributed by atoms with E-state index >= 15 is 0 Å². The van der Waals surface area contributed by atoms with E-state index in [1.165, 1.54) is 23.9 Å². The summed E-state index contributed by atoms with van der Waals surface area (Å²) >= 11 is 1.54. The number of rotatable bonds is 10. The van der Waals surface area contributed by atoms with Gasteiger partial charge in [-0.2, -0.15) is 11.8 Å². The fourth-order valence-corrected chi connectivity index (χ4v) is 2.49. The van der Waals surface area contributed by atoms with Gasteiger partial charge in [0.15, 0.2) is 0 Å². The van der Waals surface area contributed by atoms with Gasteiger partial charge in [-0.3, -0.25) is 4.79 Å². The molecular formula is C18H28FNO2S. The first-order valence-corrected chi connectivity index (χ1v) is 9.35. The minimum Gasteiger partial charge on any atom is -0.489 e. The van der Waals surface area contributed by atoms with E-state index in [1.54, 1.807) is 0 Å². The Morgan fingerprint density at radius 2 is 1.96 bits per heavy atom. The molecular weight excluding hydrogens is 313 g/mol. The standard InChI is InChI=1S/C18H28FNO2S/c1-12(2)20-11-13(3)22-17-9-15(8-16(19)10-17)6-7-18(21)14(4)23-5/h8-10,12-14,20H,6-7,11H2,1-5H3/t13-,14?/m0/s1. The van der Waals surface area contributed by atoms with Crippen LogP contribution in [-0.4, -0.2) is 36.0 Å². The summed E-state index contributed by atoms with van der Waals surface area (Å²) in [5.74, 6) is 0.383. The Morgan fingerprint density at radius 1 is 1.26 bits per heavy atom. The summed E-state index contributed by atoms with van der Waals surface area (Å²) in [5, 5.41) is 3.28. The lowest BCUT2D eigenvalue weighted by Crippen LogP contribution is -2.33. The molecule has 0 amide bonds. The largest absolute Gasteiger partial charge is 0.489 e. The Balaban J connectivity index is 2.62. The molecule has 130 valence electrons. The molecule has 1 aromatic rings. The molecule has 0 aliphatic carbocycles. The molecule has 0 bridgehead atoms. The second-order valence-corrected chi connectivity index (χ2v) is 7.31. The van der Waals surface area contributed by atoms with Crippen molar-refractivity contribution in [3.05, 3.63) is 29.6 Å². The van der Waals surface area contributed by atoms with E-state index in [0.29, 0.717) is 31.2 Å². The number of Topliss-reactive ketones (excluding diaryl/α,β-unsaturated/α-hetero) is 1. The van der Waals surface area contributed by atoms with E-state index in [2.05, 4.69) is 19.2 Å². The lowest BCUT2D eigenvalue weighted by molar-refractivity contribution is -0.118. The number of benzene rings is 1. The van der Waals surface area contributed by atoms with Gasteiger partial charge in [-0.25, -0.2) is 4.39 Å². The zero-order valence-corrected chi connectivity index (χ0v) is 15.5. The summed E-state index contributed by atoms with van der Waals surface area (Å²) in [6, 6.07) is 5.07. The molecule has 5 heteroatoms. The second-order valence-electron chi connectivity index (χ2n) is 6.13. The first-order valence-electron chi connectivity index (χ1n) is 8.06. The van der Waals surface area contributed by atoms with E-state index in [1.807, 2.05) is 26.2 Å². The van der Waals surface area contributed by atoms with Gasteiger partial charge in [-0.15, -0.1) is 0 Å². The topological polar surface area (TPSA) is 38.3 Å². The maximum Gasteiger partial charge on any atom is 0.145 e. The van der Waals surface area contributed by atoms with Gasteiger partial charge in [0.25, 0.3) is 0 Å². The van der Waals surface area contributed by atoms with Crippen LogP contribution in [0.25, 0.3) is 0 Å². The van der Waals surface area contributed by atoms with Crippen LogP contribution >= 0.6 is 11.8 Å². The van der Waals surface area contributed by atoms with Gasteiger partial charge in [0.1, 0.15) is 23.5 Å². The van der Waals surface area contributed by atoms with Crippen molar-refractivity contribution in [2.75, 3.05) is 12.8 Å². The summed E-state index contributed by atoms with van der Waals surface area (Å²) in [5.41, 5.74) is 0.797. The number of carbonyl (C=O) groups is 1. The predicted octanol–water partition coefficient (Wildman–Crippen LogP) is 3.84. The summed E-state index contributed by atoms with van der Waals surface area (Å²) in [7, 11) is 0. The van der Waals surface area contributed by atoms with Crippen LogP contribution in [0.15, 0.2) is 18.2 Å².